The fourth-order valence-corrected chi connectivity index (χ4v) is 1.12. The zero-order valence-electron chi connectivity index (χ0n) is 10.7. The van der Waals surface area contributed by atoms with Gasteiger partial charge in [-0.05, 0) is 40.2 Å². The van der Waals surface area contributed by atoms with E-state index in [1.807, 2.05) is 20.8 Å². The molecule has 0 aliphatic rings. The van der Waals surface area contributed by atoms with Gasteiger partial charge in [0, 0.05) is 13.5 Å². The highest BCUT2D eigenvalue weighted by Crippen LogP contribution is 2.07. The van der Waals surface area contributed by atoms with E-state index in [0.717, 1.165) is 12.8 Å². The molecule has 3 N–H and O–H groups in total. The standard InChI is InChI=1S/C11H24N2O3/c1-9(14)12-7-5-6-8-13-10(15)16-11(2,3)4/h10,13,15H,5-8H2,1-4H3,(H,12,14). The minimum atomic E-state index is -0.930. The van der Waals surface area contributed by atoms with Gasteiger partial charge in [0.05, 0.1) is 5.60 Å². The third kappa shape index (κ3) is 11.4. The lowest BCUT2D eigenvalue weighted by Crippen LogP contribution is -2.38. The van der Waals surface area contributed by atoms with Gasteiger partial charge in [-0.25, -0.2) is 0 Å². The maximum Gasteiger partial charge on any atom is 0.216 e. The molecule has 0 heterocycles. The smallest absolute Gasteiger partial charge is 0.216 e. The van der Waals surface area contributed by atoms with E-state index in [-0.39, 0.29) is 11.5 Å². The van der Waals surface area contributed by atoms with Crippen LogP contribution in [0.1, 0.15) is 40.5 Å². The Hall–Kier alpha value is -0.650. The van der Waals surface area contributed by atoms with Crippen LogP contribution < -0.4 is 10.6 Å². The van der Waals surface area contributed by atoms with Crippen LogP contribution in [-0.4, -0.2) is 36.1 Å². The maximum atomic E-state index is 10.6. The Bertz CT molecular complexity index is 202. The summed E-state index contributed by atoms with van der Waals surface area (Å²) < 4.78 is 5.26. The van der Waals surface area contributed by atoms with E-state index in [1.54, 1.807) is 0 Å². The molecule has 0 aromatic rings. The van der Waals surface area contributed by atoms with Gasteiger partial charge in [0.15, 0.2) is 0 Å². The van der Waals surface area contributed by atoms with Crippen LogP contribution in [0.2, 0.25) is 0 Å². The van der Waals surface area contributed by atoms with Gasteiger partial charge in [-0.2, -0.15) is 0 Å². The summed E-state index contributed by atoms with van der Waals surface area (Å²) in [6, 6.07) is 0. The molecule has 0 aliphatic carbocycles. The third-order valence-corrected chi connectivity index (χ3v) is 1.76. The van der Waals surface area contributed by atoms with Gasteiger partial charge in [-0.3, -0.25) is 10.1 Å². The monoisotopic (exact) mass is 232 g/mol. The molecule has 0 radical (unpaired) electrons. The number of aliphatic hydroxyl groups excluding tert-OH is 1. The lowest BCUT2D eigenvalue weighted by atomic mass is 10.2. The second-order valence-corrected chi connectivity index (χ2v) is 4.73. The molecule has 1 atom stereocenters. The van der Waals surface area contributed by atoms with Crippen molar-refractivity contribution in [1.82, 2.24) is 10.6 Å². The molecule has 0 saturated heterocycles. The molecule has 0 fully saturated rings. The number of rotatable bonds is 7. The molecule has 5 nitrogen and oxygen atoms in total. The van der Waals surface area contributed by atoms with Crippen LogP contribution >= 0.6 is 0 Å². The van der Waals surface area contributed by atoms with Crippen LogP contribution in [0, 0.1) is 0 Å². The summed E-state index contributed by atoms with van der Waals surface area (Å²) >= 11 is 0. The van der Waals surface area contributed by atoms with E-state index in [2.05, 4.69) is 10.6 Å². The number of carbonyl (C=O) groups is 1. The van der Waals surface area contributed by atoms with Crippen LogP contribution in [0.4, 0.5) is 0 Å². The molecule has 1 unspecified atom stereocenters. The number of hydrogen-bond acceptors (Lipinski definition) is 4. The lowest BCUT2D eigenvalue weighted by Gasteiger charge is -2.24. The molecular formula is C11H24N2O3. The fraction of sp³-hybridized carbons (Fsp3) is 0.909. The molecule has 0 bridgehead atoms. The first-order valence-corrected chi connectivity index (χ1v) is 5.65. The summed E-state index contributed by atoms with van der Waals surface area (Å²) in [7, 11) is 0. The van der Waals surface area contributed by atoms with Crippen LogP contribution in [0.5, 0.6) is 0 Å². The minimum absolute atomic E-state index is 0.0101. The van der Waals surface area contributed by atoms with Gasteiger partial charge in [-0.15, -0.1) is 0 Å². The van der Waals surface area contributed by atoms with Crippen molar-refractivity contribution in [1.29, 1.82) is 0 Å². The Balaban J connectivity index is 3.35. The number of aliphatic hydroxyl groups is 1. The van der Waals surface area contributed by atoms with Gasteiger partial charge in [-0.1, -0.05) is 0 Å². The van der Waals surface area contributed by atoms with Crippen LogP contribution in [0.15, 0.2) is 0 Å². The quantitative estimate of drug-likeness (QED) is 0.443. The molecule has 0 rings (SSSR count). The minimum Gasteiger partial charge on any atom is -0.356 e. The number of amides is 1. The molecule has 96 valence electrons. The maximum absolute atomic E-state index is 10.6. The van der Waals surface area contributed by atoms with Crippen molar-refractivity contribution >= 4 is 5.91 Å². The summed E-state index contributed by atoms with van der Waals surface area (Å²) in [6.45, 7) is 8.49. The Labute approximate surface area is 97.6 Å². The van der Waals surface area contributed by atoms with E-state index < -0.39 is 6.41 Å². The van der Waals surface area contributed by atoms with E-state index in [1.165, 1.54) is 6.92 Å². The normalized spacial score (nSPS) is 13.6. The van der Waals surface area contributed by atoms with Crippen LogP contribution in [-0.2, 0) is 9.53 Å². The van der Waals surface area contributed by atoms with E-state index >= 15 is 0 Å². The van der Waals surface area contributed by atoms with Gasteiger partial charge < -0.3 is 15.2 Å². The molecule has 0 saturated carbocycles. The number of unbranched alkanes of at least 4 members (excludes halogenated alkanes) is 1. The Morgan fingerprint density at radius 2 is 1.88 bits per heavy atom. The Morgan fingerprint density at radius 3 is 2.38 bits per heavy atom. The molecular weight excluding hydrogens is 208 g/mol. The fourth-order valence-electron chi connectivity index (χ4n) is 1.12. The first-order chi connectivity index (χ1) is 7.31. The topological polar surface area (TPSA) is 70.6 Å². The average molecular weight is 232 g/mol. The van der Waals surface area contributed by atoms with Gasteiger partial charge >= 0.3 is 0 Å². The summed E-state index contributed by atoms with van der Waals surface area (Å²) in [5, 5.41) is 15.0. The van der Waals surface area contributed by atoms with Crippen molar-refractivity contribution in [2.75, 3.05) is 13.1 Å². The summed E-state index contributed by atoms with van der Waals surface area (Å²) in [6.07, 6.45) is 0.834. The highest BCUT2D eigenvalue weighted by Gasteiger charge is 2.15. The summed E-state index contributed by atoms with van der Waals surface area (Å²) in [4.78, 5) is 10.6. The van der Waals surface area contributed by atoms with E-state index in [9.17, 15) is 9.90 Å². The van der Waals surface area contributed by atoms with Crippen molar-refractivity contribution < 1.29 is 14.6 Å². The van der Waals surface area contributed by atoms with Crippen molar-refractivity contribution in [3.05, 3.63) is 0 Å². The van der Waals surface area contributed by atoms with E-state index in [4.69, 9.17) is 4.74 Å². The predicted molar refractivity (Wildman–Crippen MR) is 62.8 cm³/mol. The molecule has 0 aromatic carbocycles. The molecule has 0 spiro atoms. The lowest BCUT2D eigenvalue weighted by molar-refractivity contribution is -0.181. The highest BCUT2D eigenvalue weighted by atomic mass is 16.6. The van der Waals surface area contributed by atoms with Crippen molar-refractivity contribution in [2.24, 2.45) is 0 Å². The van der Waals surface area contributed by atoms with E-state index in [0.29, 0.717) is 13.1 Å². The van der Waals surface area contributed by atoms with Crippen molar-refractivity contribution in [3.63, 3.8) is 0 Å². The zero-order chi connectivity index (χ0) is 12.6. The summed E-state index contributed by atoms with van der Waals surface area (Å²) in [5.74, 6) is -0.0101. The van der Waals surface area contributed by atoms with Crippen LogP contribution in [0.3, 0.4) is 0 Å². The zero-order valence-corrected chi connectivity index (χ0v) is 10.7. The second-order valence-electron chi connectivity index (χ2n) is 4.73. The highest BCUT2D eigenvalue weighted by molar-refractivity contribution is 5.72. The summed E-state index contributed by atoms with van der Waals surface area (Å²) in [5.41, 5.74) is -0.359. The number of carbonyl (C=O) groups excluding carboxylic acids is 1. The molecule has 5 heteroatoms. The molecule has 1 amide bonds. The van der Waals surface area contributed by atoms with Gasteiger partial charge in [0.25, 0.3) is 0 Å². The van der Waals surface area contributed by atoms with Gasteiger partial charge in [0.2, 0.25) is 12.3 Å². The molecule has 0 aliphatic heterocycles. The first-order valence-electron chi connectivity index (χ1n) is 5.65. The molecule has 0 aromatic heterocycles. The number of ether oxygens (including phenoxy) is 1. The van der Waals surface area contributed by atoms with Crippen molar-refractivity contribution in [3.8, 4) is 0 Å². The van der Waals surface area contributed by atoms with Gasteiger partial charge in [0.1, 0.15) is 0 Å². The van der Waals surface area contributed by atoms with Crippen LogP contribution in [0.25, 0.3) is 0 Å². The Morgan fingerprint density at radius 1 is 1.31 bits per heavy atom. The van der Waals surface area contributed by atoms with Crippen molar-refractivity contribution in [2.45, 2.75) is 52.6 Å². The Kier molecular flexibility index (Phi) is 7.29. The second kappa shape index (κ2) is 7.60. The first kappa shape index (κ1) is 15.3. The number of hydrogen-bond donors (Lipinski definition) is 3. The predicted octanol–water partition coefficient (Wildman–Crippen LogP) is 0.583. The SMILES string of the molecule is CC(=O)NCCCCNC(O)OC(C)(C)C. The average Bonchev–Trinajstić information content (AvgIpc) is 2.07. The third-order valence-electron chi connectivity index (χ3n) is 1.76. The number of nitrogens with one attached hydrogen (secondary N) is 2. The molecule has 16 heavy (non-hydrogen) atoms. The largest absolute Gasteiger partial charge is 0.356 e.